The van der Waals surface area contributed by atoms with E-state index in [1.165, 1.54) is 25.5 Å². The number of nitrogens with zero attached hydrogens (tertiary/aromatic N) is 2. The molecule has 11 heteroatoms. The Morgan fingerprint density at radius 3 is 2.32 bits per heavy atom. The van der Waals surface area contributed by atoms with E-state index in [0.29, 0.717) is 25.5 Å². The molecule has 0 radical (unpaired) electrons. The molecule has 41 heavy (non-hydrogen) atoms. The van der Waals surface area contributed by atoms with Gasteiger partial charge < -0.3 is 34.0 Å². The summed E-state index contributed by atoms with van der Waals surface area (Å²) in [6.07, 6.45) is 0. The third-order valence-electron chi connectivity index (χ3n) is 6.18. The number of carbonyl (C=O) groups is 1. The van der Waals surface area contributed by atoms with E-state index in [4.69, 9.17) is 23.4 Å². The number of benzene rings is 2. The fraction of sp³-hybridized carbons (Fsp3) is 0.300. The minimum Gasteiger partial charge on any atom is -0.479 e. The van der Waals surface area contributed by atoms with Crippen LogP contribution in [0.1, 0.15) is 21.7 Å². The lowest BCUT2D eigenvalue weighted by Crippen LogP contribution is -2.37. The van der Waals surface area contributed by atoms with E-state index in [-0.39, 0.29) is 35.1 Å². The van der Waals surface area contributed by atoms with E-state index in [1.807, 2.05) is 49.4 Å². The summed E-state index contributed by atoms with van der Waals surface area (Å²) in [6, 6.07) is 19.3. The van der Waals surface area contributed by atoms with Gasteiger partial charge in [-0.2, -0.15) is 9.97 Å². The van der Waals surface area contributed by atoms with E-state index in [1.54, 1.807) is 6.07 Å². The smallest absolute Gasteiger partial charge is 0.291 e. The zero-order chi connectivity index (χ0) is 29.4. The molecule has 0 bridgehead atoms. The summed E-state index contributed by atoms with van der Waals surface area (Å²) in [4.78, 5) is 21.8. The fourth-order valence-corrected chi connectivity index (χ4v) is 5.01. The number of ether oxygens (including phenoxy) is 4. The van der Waals surface area contributed by atoms with Crippen LogP contribution in [0.25, 0.3) is 0 Å². The second-order valence-corrected chi connectivity index (χ2v) is 15.4. The molecule has 2 aromatic heterocycles. The highest BCUT2D eigenvalue weighted by Gasteiger charge is 2.22. The Hall–Kier alpha value is -4.35. The zero-order valence-corrected chi connectivity index (χ0v) is 25.2. The minimum atomic E-state index is -1.53. The number of aromatic nitrogens is 2. The number of furan rings is 1. The number of methoxy groups -OCH3 is 2. The van der Waals surface area contributed by atoms with Crippen LogP contribution in [0.2, 0.25) is 19.6 Å². The van der Waals surface area contributed by atoms with Crippen LogP contribution in [0.4, 0.5) is 11.6 Å². The second kappa shape index (κ2) is 13.3. The Kier molecular flexibility index (Phi) is 9.64. The van der Waals surface area contributed by atoms with Gasteiger partial charge in [0.15, 0.2) is 11.4 Å². The van der Waals surface area contributed by atoms with Gasteiger partial charge in [-0.05, 0) is 30.2 Å². The van der Waals surface area contributed by atoms with Gasteiger partial charge in [-0.1, -0.05) is 67.3 Å². The van der Waals surface area contributed by atoms with E-state index in [2.05, 4.69) is 46.3 Å². The van der Waals surface area contributed by atoms with Crippen molar-refractivity contribution in [2.45, 2.75) is 33.2 Å². The normalized spacial score (nSPS) is 11.2. The molecule has 0 saturated heterocycles. The number of nitrogens with one attached hydrogen (secondary N) is 2. The van der Waals surface area contributed by atoms with Gasteiger partial charge in [0.25, 0.3) is 11.9 Å². The van der Waals surface area contributed by atoms with Gasteiger partial charge in [0.1, 0.15) is 5.75 Å². The average molecular weight is 577 g/mol. The lowest BCUT2D eigenvalue weighted by atomic mass is 10.2. The molecule has 2 heterocycles. The molecule has 2 N–H and O–H groups in total. The molecule has 0 atom stereocenters. The van der Waals surface area contributed by atoms with Gasteiger partial charge in [0.05, 0.1) is 35.5 Å². The van der Waals surface area contributed by atoms with Crippen molar-refractivity contribution in [3.05, 3.63) is 77.6 Å². The van der Waals surface area contributed by atoms with Gasteiger partial charge in [0.2, 0.25) is 17.7 Å². The molecule has 4 rings (SSSR count). The predicted molar refractivity (Wildman–Crippen MR) is 161 cm³/mol. The van der Waals surface area contributed by atoms with Crippen LogP contribution < -0.4 is 30.0 Å². The summed E-state index contributed by atoms with van der Waals surface area (Å²) in [7, 11) is 1.36. The first-order chi connectivity index (χ1) is 19.7. The maximum atomic E-state index is 13.1. The van der Waals surface area contributed by atoms with E-state index in [0.717, 1.165) is 11.1 Å². The maximum Gasteiger partial charge on any atom is 0.291 e. The van der Waals surface area contributed by atoms with Crippen molar-refractivity contribution in [1.82, 2.24) is 9.97 Å². The lowest BCUT2D eigenvalue weighted by molar-refractivity contribution is 0.0990. The number of amides is 1. The van der Waals surface area contributed by atoms with Gasteiger partial charge >= 0.3 is 0 Å². The Morgan fingerprint density at radius 1 is 0.951 bits per heavy atom. The largest absolute Gasteiger partial charge is 0.479 e. The minimum absolute atomic E-state index is 0.0425. The van der Waals surface area contributed by atoms with E-state index < -0.39 is 14.0 Å². The molecule has 0 spiro atoms. The number of rotatable bonds is 13. The second-order valence-electron chi connectivity index (χ2n) is 10.3. The average Bonchev–Trinajstić information content (AvgIpc) is 3.43. The van der Waals surface area contributed by atoms with Crippen molar-refractivity contribution in [2.24, 2.45) is 0 Å². The van der Waals surface area contributed by atoms with Crippen molar-refractivity contribution < 1.29 is 28.2 Å². The molecule has 0 saturated carbocycles. The molecule has 216 valence electrons. The molecule has 0 aliphatic heterocycles. The molecule has 2 aromatic carbocycles. The Bertz CT molecular complexity index is 1440. The molecule has 4 aromatic rings. The number of carbonyl (C=O) groups excluding carboxylic acids is 1. The first-order valence-electron chi connectivity index (χ1n) is 13.2. The van der Waals surface area contributed by atoms with Crippen molar-refractivity contribution in [2.75, 3.05) is 38.0 Å². The standard InChI is InChI=1S/C30H36N4O6Si/c1-20-12-13-22(41(4,5)6)18-24(20)40-25-15-14-23(39-25)27(35)32-26-28(36-2)33-30(34-29(26)37-3)31-16-17-38-19-21-10-8-7-9-11-21/h7-15,18H,16-17,19H2,1-6H3,(H,32,35)(H,31,33,34). The summed E-state index contributed by atoms with van der Waals surface area (Å²) >= 11 is 0. The molecular formula is C30H36N4O6Si. The number of aryl methyl sites for hydroxylation is 1. The van der Waals surface area contributed by atoms with Crippen LogP contribution in [0.5, 0.6) is 23.5 Å². The molecule has 0 fully saturated rings. The Labute approximate surface area is 241 Å². The van der Waals surface area contributed by atoms with Gasteiger partial charge in [-0.25, -0.2) is 0 Å². The van der Waals surface area contributed by atoms with Crippen LogP contribution in [-0.4, -0.2) is 51.3 Å². The van der Waals surface area contributed by atoms with Crippen LogP contribution >= 0.6 is 0 Å². The SMILES string of the molecule is COc1nc(NCCOCc2ccccc2)nc(OC)c1NC(=O)c1ccc(Oc2cc([Si](C)(C)C)ccc2C)o1. The van der Waals surface area contributed by atoms with E-state index >= 15 is 0 Å². The maximum absolute atomic E-state index is 13.1. The summed E-state index contributed by atoms with van der Waals surface area (Å²) in [6.45, 7) is 10.2. The summed E-state index contributed by atoms with van der Waals surface area (Å²) in [5, 5.41) is 7.07. The first-order valence-corrected chi connectivity index (χ1v) is 16.7. The topological polar surface area (TPSA) is 117 Å². The summed E-state index contributed by atoms with van der Waals surface area (Å²) < 4.78 is 28.2. The number of hydrogen-bond donors (Lipinski definition) is 2. The lowest BCUT2D eigenvalue weighted by Gasteiger charge is -2.18. The third-order valence-corrected chi connectivity index (χ3v) is 8.22. The van der Waals surface area contributed by atoms with Gasteiger partial charge in [-0.3, -0.25) is 4.79 Å². The predicted octanol–water partition coefficient (Wildman–Crippen LogP) is 5.61. The van der Waals surface area contributed by atoms with Crippen LogP contribution in [0.3, 0.4) is 0 Å². The molecule has 0 aliphatic carbocycles. The van der Waals surface area contributed by atoms with Crippen LogP contribution in [0.15, 0.2) is 65.1 Å². The quantitative estimate of drug-likeness (QED) is 0.155. The van der Waals surface area contributed by atoms with Crippen molar-refractivity contribution in [1.29, 1.82) is 0 Å². The Morgan fingerprint density at radius 2 is 1.66 bits per heavy atom. The molecule has 1 amide bonds. The molecule has 0 unspecified atom stereocenters. The molecule has 0 aliphatic rings. The third kappa shape index (κ3) is 7.86. The van der Waals surface area contributed by atoms with Crippen molar-refractivity contribution >= 4 is 30.8 Å². The number of hydrogen-bond acceptors (Lipinski definition) is 9. The molecule has 10 nitrogen and oxygen atoms in total. The fourth-order valence-electron chi connectivity index (χ4n) is 3.86. The highest BCUT2D eigenvalue weighted by Crippen LogP contribution is 2.33. The van der Waals surface area contributed by atoms with Crippen molar-refractivity contribution in [3.63, 3.8) is 0 Å². The monoisotopic (exact) mass is 576 g/mol. The summed E-state index contributed by atoms with van der Waals surface area (Å²) in [5.41, 5.74) is 2.23. The Balaban J connectivity index is 1.40. The molecular weight excluding hydrogens is 540 g/mol. The zero-order valence-electron chi connectivity index (χ0n) is 24.2. The van der Waals surface area contributed by atoms with E-state index in [9.17, 15) is 4.79 Å². The summed E-state index contributed by atoms with van der Waals surface area (Å²) in [5.74, 6) is 0.916. The van der Waals surface area contributed by atoms with Crippen LogP contribution in [0, 0.1) is 6.92 Å². The first kappa shape index (κ1) is 29.6. The highest BCUT2D eigenvalue weighted by atomic mass is 28.3. The van der Waals surface area contributed by atoms with Crippen molar-refractivity contribution in [3.8, 4) is 23.5 Å². The van der Waals surface area contributed by atoms with Gasteiger partial charge in [-0.15, -0.1) is 0 Å². The highest BCUT2D eigenvalue weighted by molar-refractivity contribution is 6.88. The van der Waals surface area contributed by atoms with Crippen LogP contribution in [-0.2, 0) is 11.3 Å². The number of anilines is 2. The van der Waals surface area contributed by atoms with Gasteiger partial charge in [0, 0.05) is 12.6 Å².